The molecule has 5 aromatic rings. The predicted octanol–water partition coefficient (Wildman–Crippen LogP) is 6.34. The maximum atomic E-state index is 12.8. The second-order valence-corrected chi connectivity index (χ2v) is 7.60. The molecule has 5 rings (SSSR count). The van der Waals surface area contributed by atoms with Gasteiger partial charge in [-0.3, -0.25) is 4.79 Å². The van der Waals surface area contributed by atoms with Gasteiger partial charge in [0, 0.05) is 17.1 Å². The summed E-state index contributed by atoms with van der Waals surface area (Å²) >= 11 is 12.6. The van der Waals surface area contributed by atoms with Gasteiger partial charge in [-0.2, -0.15) is 0 Å². The van der Waals surface area contributed by atoms with E-state index in [9.17, 15) is 4.79 Å². The average molecular weight is 433 g/mol. The number of halogens is 2. The van der Waals surface area contributed by atoms with Gasteiger partial charge in [-0.25, -0.2) is 9.97 Å². The number of rotatable bonds is 3. The first kappa shape index (κ1) is 18.6. The summed E-state index contributed by atoms with van der Waals surface area (Å²) < 4.78 is 0. The third-order valence-electron chi connectivity index (χ3n) is 4.82. The largest absolute Gasteiger partial charge is 0.338 e. The van der Waals surface area contributed by atoms with E-state index in [1.54, 1.807) is 42.6 Å². The van der Waals surface area contributed by atoms with Crippen LogP contribution in [0.2, 0.25) is 10.0 Å². The van der Waals surface area contributed by atoms with E-state index >= 15 is 0 Å². The Labute approximate surface area is 181 Å². The lowest BCUT2D eigenvalue weighted by Gasteiger charge is -2.06. The highest BCUT2D eigenvalue weighted by Crippen LogP contribution is 2.34. The van der Waals surface area contributed by atoms with Gasteiger partial charge in [-0.05, 0) is 41.8 Å². The minimum atomic E-state index is -0.258. The van der Waals surface area contributed by atoms with Gasteiger partial charge < -0.3 is 10.3 Å². The van der Waals surface area contributed by atoms with Crippen molar-refractivity contribution in [1.82, 2.24) is 15.0 Å². The lowest BCUT2D eigenvalue weighted by Crippen LogP contribution is -2.12. The number of aromatic amines is 1. The number of nitrogens with zero attached hydrogens (tertiary/aromatic N) is 2. The molecule has 0 bridgehead atoms. The Morgan fingerprint density at radius 1 is 0.900 bits per heavy atom. The number of benzene rings is 3. The number of H-pyrrole nitrogens is 1. The molecular formula is C23H14Cl2N4O. The van der Waals surface area contributed by atoms with Crippen molar-refractivity contribution in [3.8, 4) is 11.4 Å². The summed E-state index contributed by atoms with van der Waals surface area (Å²) in [5, 5.41) is 5.87. The Morgan fingerprint density at radius 2 is 1.67 bits per heavy atom. The Balaban J connectivity index is 1.46. The van der Waals surface area contributed by atoms with Crippen LogP contribution >= 0.6 is 23.2 Å². The van der Waals surface area contributed by atoms with Crippen LogP contribution in [0.1, 0.15) is 10.4 Å². The number of aromatic nitrogens is 3. The molecule has 0 fully saturated rings. The number of carbonyl (C=O) groups is 1. The van der Waals surface area contributed by atoms with Crippen molar-refractivity contribution in [3.63, 3.8) is 0 Å². The van der Waals surface area contributed by atoms with Gasteiger partial charge >= 0.3 is 0 Å². The Bertz CT molecular complexity index is 1410. The number of carbonyl (C=O) groups excluding carboxylic acids is 1. The van der Waals surface area contributed by atoms with Gasteiger partial charge in [0.1, 0.15) is 11.6 Å². The molecule has 2 heterocycles. The molecule has 146 valence electrons. The Morgan fingerprint density at radius 3 is 2.47 bits per heavy atom. The molecule has 2 aromatic heterocycles. The summed E-state index contributed by atoms with van der Waals surface area (Å²) in [6.07, 6.45) is 1.74. The van der Waals surface area contributed by atoms with E-state index in [2.05, 4.69) is 20.3 Å². The van der Waals surface area contributed by atoms with Crippen molar-refractivity contribution in [2.45, 2.75) is 0 Å². The SMILES string of the molecule is O=C(Nc1cc2ccccc2cn1)c1ccc2nc(-c3c(Cl)cccc3Cl)[nH]c2c1. The van der Waals surface area contributed by atoms with E-state index in [0.717, 1.165) is 10.8 Å². The molecule has 0 saturated heterocycles. The van der Waals surface area contributed by atoms with Gasteiger partial charge in [-0.1, -0.05) is 53.5 Å². The molecule has 5 nitrogen and oxygen atoms in total. The minimum Gasteiger partial charge on any atom is -0.338 e. The smallest absolute Gasteiger partial charge is 0.256 e. The summed E-state index contributed by atoms with van der Waals surface area (Å²) in [5.41, 5.74) is 2.53. The average Bonchev–Trinajstić information content (AvgIpc) is 3.16. The van der Waals surface area contributed by atoms with Crippen molar-refractivity contribution >= 4 is 56.7 Å². The van der Waals surface area contributed by atoms with Gasteiger partial charge in [-0.15, -0.1) is 0 Å². The van der Waals surface area contributed by atoms with E-state index in [0.29, 0.717) is 43.8 Å². The maximum absolute atomic E-state index is 12.8. The molecule has 0 saturated carbocycles. The van der Waals surface area contributed by atoms with Crippen molar-refractivity contribution in [3.05, 3.63) is 88.5 Å². The van der Waals surface area contributed by atoms with E-state index in [4.69, 9.17) is 23.2 Å². The molecule has 0 atom stereocenters. The van der Waals surface area contributed by atoms with Crippen molar-refractivity contribution in [2.24, 2.45) is 0 Å². The molecule has 30 heavy (non-hydrogen) atoms. The van der Waals surface area contributed by atoms with Crippen molar-refractivity contribution in [1.29, 1.82) is 0 Å². The molecule has 0 aliphatic heterocycles. The number of fused-ring (bicyclic) bond motifs is 2. The molecule has 0 spiro atoms. The van der Waals surface area contributed by atoms with Crippen LogP contribution in [0.3, 0.4) is 0 Å². The predicted molar refractivity (Wildman–Crippen MR) is 121 cm³/mol. The first-order chi connectivity index (χ1) is 14.6. The number of pyridine rings is 1. The van der Waals surface area contributed by atoms with E-state index in [1.165, 1.54) is 0 Å². The first-order valence-electron chi connectivity index (χ1n) is 9.19. The molecule has 3 aromatic carbocycles. The fourth-order valence-corrected chi connectivity index (χ4v) is 3.91. The lowest BCUT2D eigenvalue weighted by molar-refractivity contribution is 0.102. The van der Waals surface area contributed by atoms with E-state index in [-0.39, 0.29) is 5.91 Å². The standard InChI is InChI=1S/C23H14Cl2N4O/c24-16-6-3-7-17(25)21(16)22-27-18-9-8-14(10-19(18)28-22)23(30)29-20-11-13-4-1-2-5-15(13)12-26-20/h1-12H,(H,27,28)(H,26,29,30). The van der Waals surface area contributed by atoms with Gasteiger partial charge in [0.2, 0.25) is 0 Å². The molecule has 2 N–H and O–H groups in total. The molecule has 7 heteroatoms. The van der Waals surface area contributed by atoms with Crippen LogP contribution in [0.25, 0.3) is 33.2 Å². The first-order valence-corrected chi connectivity index (χ1v) is 9.94. The van der Waals surface area contributed by atoms with Crippen LogP contribution in [0.5, 0.6) is 0 Å². The van der Waals surface area contributed by atoms with Gasteiger partial charge in [0.25, 0.3) is 5.91 Å². The lowest BCUT2D eigenvalue weighted by atomic mass is 10.1. The fraction of sp³-hybridized carbons (Fsp3) is 0. The molecule has 0 aliphatic rings. The van der Waals surface area contributed by atoms with Crippen LogP contribution in [0, 0.1) is 0 Å². The van der Waals surface area contributed by atoms with Crippen LogP contribution in [0.15, 0.2) is 72.9 Å². The normalized spacial score (nSPS) is 11.1. The van der Waals surface area contributed by atoms with Crippen molar-refractivity contribution in [2.75, 3.05) is 5.32 Å². The second-order valence-electron chi connectivity index (χ2n) is 6.78. The number of imidazole rings is 1. The summed E-state index contributed by atoms with van der Waals surface area (Å²) in [4.78, 5) is 24.8. The summed E-state index contributed by atoms with van der Waals surface area (Å²) in [5.74, 6) is 0.785. The quantitative estimate of drug-likeness (QED) is 0.349. The topological polar surface area (TPSA) is 70.7 Å². The van der Waals surface area contributed by atoms with Crippen LogP contribution in [0.4, 0.5) is 5.82 Å². The molecule has 0 aliphatic carbocycles. The maximum Gasteiger partial charge on any atom is 0.256 e. The number of hydrogen-bond donors (Lipinski definition) is 2. The zero-order valence-electron chi connectivity index (χ0n) is 15.5. The molecule has 0 radical (unpaired) electrons. The number of amides is 1. The Kier molecular flexibility index (Phi) is 4.62. The Hall–Kier alpha value is -3.41. The summed E-state index contributed by atoms with van der Waals surface area (Å²) in [6.45, 7) is 0. The van der Waals surface area contributed by atoms with Crippen molar-refractivity contribution < 1.29 is 4.79 Å². The number of anilines is 1. The second kappa shape index (κ2) is 7.44. The zero-order chi connectivity index (χ0) is 20.7. The third kappa shape index (κ3) is 3.38. The zero-order valence-corrected chi connectivity index (χ0v) is 17.0. The van der Waals surface area contributed by atoms with Gasteiger partial charge in [0.15, 0.2) is 0 Å². The minimum absolute atomic E-state index is 0.258. The monoisotopic (exact) mass is 432 g/mol. The molecule has 1 amide bonds. The summed E-state index contributed by atoms with van der Waals surface area (Å²) in [7, 11) is 0. The molecule has 0 unspecified atom stereocenters. The molecular weight excluding hydrogens is 419 g/mol. The van der Waals surface area contributed by atoms with Crippen LogP contribution < -0.4 is 5.32 Å². The highest BCUT2D eigenvalue weighted by molar-refractivity contribution is 6.39. The third-order valence-corrected chi connectivity index (χ3v) is 5.45. The highest BCUT2D eigenvalue weighted by Gasteiger charge is 2.14. The van der Waals surface area contributed by atoms with Gasteiger partial charge in [0.05, 0.1) is 26.6 Å². The number of hydrogen-bond acceptors (Lipinski definition) is 3. The van der Waals surface area contributed by atoms with Crippen LogP contribution in [-0.2, 0) is 0 Å². The van der Waals surface area contributed by atoms with Crippen LogP contribution in [-0.4, -0.2) is 20.9 Å². The fourth-order valence-electron chi connectivity index (χ4n) is 3.33. The van der Waals surface area contributed by atoms with E-state index in [1.807, 2.05) is 30.3 Å². The van der Waals surface area contributed by atoms with E-state index < -0.39 is 0 Å². The number of nitrogens with one attached hydrogen (secondary N) is 2. The highest BCUT2D eigenvalue weighted by atomic mass is 35.5. The summed E-state index contributed by atoms with van der Waals surface area (Å²) in [6, 6.07) is 20.2.